The number of nitrogen functional groups attached to an aromatic ring is 1. The van der Waals surface area contributed by atoms with Gasteiger partial charge in [-0.25, -0.2) is 4.79 Å². The van der Waals surface area contributed by atoms with E-state index in [-0.39, 0.29) is 18.1 Å². The molecule has 0 saturated carbocycles. The van der Waals surface area contributed by atoms with E-state index >= 15 is 0 Å². The molecule has 0 unspecified atom stereocenters. The molecule has 5 heteroatoms. The maximum absolute atomic E-state index is 11.8. The molecule has 0 spiro atoms. The van der Waals surface area contributed by atoms with Crippen LogP contribution in [-0.4, -0.2) is 24.0 Å². The van der Waals surface area contributed by atoms with Crippen LogP contribution in [0.15, 0.2) is 18.2 Å². The second-order valence-corrected chi connectivity index (χ2v) is 5.49. The number of hydrogen-bond acceptors (Lipinski definition) is 4. The predicted molar refractivity (Wildman–Crippen MR) is 78.4 cm³/mol. The summed E-state index contributed by atoms with van der Waals surface area (Å²) in [6.07, 6.45) is 0.793. The first-order valence-electron chi connectivity index (χ1n) is 6.59. The van der Waals surface area contributed by atoms with E-state index in [4.69, 9.17) is 10.5 Å². The minimum atomic E-state index is -0.551. The topological polar surface area (TPSA) is 81.4 Å². The van der Waals surface area contributed by atoms with Crippen molar-refractivity contribution in [3.8, 4) is 0 Å². The summed E-state index contributed by atoms with van der Waals surface area (Å²) in [5.41, 5.74) is 7.07. The highest BCUT2D eigenvalue weighted by Gasteiger charge is 2.19. The van der Waals surface area contributed by atoms with Crippen LogP contribution >= 0.6 is 0 Å². The molecule has 1 aromatic carbocycles. The lowest BCUT2D eigenvalue weighted by Gasteiger charge is -2.24. The Bertz CT molecular complexity index is 490. The first-order chi connectivity index (χ1) is 9.23. The standard InChI is InChI=1S/C15H22N2O3/c1-5-15(3,4)17-13(18)9-20-14(19)11-6-10(2)7-12(16)8-11/h6-8H,5,9,16H2,1-4H3,(H,17,18). The number of amides is 1. The van der Waals surface area contributed by atoms with Gasteiger partial charge in [-0.2, -0.15) is 0 Å². The van der Waals surface area contributed by atoms with Crippen LogP contribution < -0.4 is 11.1 Å². The zero-order valence-electron chi connectivity index (χ0n) is 12.4. The predicted octanol–water partition coefficient (Wildman–Crippen LogP) is 2.04. The highest BCUT2D eigenvalue weighted by Crippen LogP contribution is 2.12. The number of nitrogens with one attached hydrogen (secondary N) is 1. The van der Waals surface area contributed by atoms with E-state index in [2.05, 4.69) is 5.32 Å². The number of hydrogen-bond donors (Lipinski definition) is 2. The number of benzene rings is 1. The summed E-state index contributed by atoms with van der Waals surface area (Å²) >= 11 is 0. The number of aryl methyl sites for hydroxylation is 1. The molecule has 0 saturated heterocycles. The molecular formula is C15H22N2O3. The normalized spacial score (nSPS) is 11.0. The number of esters is 1. The molecule has 3 N–H and O–H groups in total. The Morgan fingerprint density at radius 1 is 1.30 bits per heavy atom. The monoisotopic (exact) mass is 278 g/mol. The summed E-state index contributed by atoms with van der Waals surface area (Å²) in [5, 5.41) is 2.79. The second-order valence-electron chi connectivity index (χ2n) is 5.49. The van der Waals surface area contributed by atoms with Crippen LogP contribution in [0.2, 0.25) is 0 Å². The summed E-state index contributed by atoms with van der Waals surface area (Å²) < 4.78 is 4.98. The van der Waals surface area contributed by atoms with E-state index in [1.165, 1.54) is 6.07 Å². The second kappa shape index (κ2) is 6.41. The molecule has 20 heavy (non-hydrogen) atoms. The molecule has 1 amide bonds. The van der Waals surface area contributed by atoms with Gasteiger partial charge in [0.25, 0.3) is 5.91 Å². The zero-order valence-corrected chi connectivity index (χ0v) is 12.4. The summed E-state index contributed by atoms with van der Waals surface area (Å²) in [6, 6.07) is 4.96. The summed E-state index contributed by atoms with van der Waals surface area (Å²) in [5.74, 6) is -0.865. The van der Waals surface area contributed by atoms with Crippen molar-refractivity contribution in [2.24, 2.45) is 0 Å². The molecule has 0 atom stereocenters. The Balaban J connectivity index is 2.57. The van der Waals surface area contributed by atoms with Gasteiger partial charge < -0.3 is 15.8 Å². The van der Waals surface area contributed by atoms with Crippen LogP contribution in [0.1, 0.15) is 43.1 Å². The molecule has 0 fully saturated rings. The quantitative estimate of drug-likeness (QED) is 0.638. The van der Waals surface area contributed by atoms with Crippen molar-refractivity contribution in [2.45, 2.75) is 39.7 Å². The lowest BCUT2D eigenvalue weighted by atomic mass is 10.0. The molecule has 5 nitrogen and oxygen atoms in total. The maximum atomic E-state index is 11.8. The first kappa shape index (κ1) is 16.0. The number of ether oxygens (including phenoxy) is 1. The maximum Gasteiger partial charge on any atom is 0.338 e. The molecule has 0 aromatic heterocycles. The molecule has 110 valence electrons. The lowest BCUT2D eigenvalue weighted by Crippen LogP contribution is -2.44. The molecule has 0 heterocycles. The minimum Gasteiger partial charge on any atom is -0.452 e. The van der Waals surface area contributed by atoms with Crippen LogP contribution in [0.5, 0.6) is 0 Å². The molecule has 0 bridgehead atoms. The first-order valence-corrected chi connectivity index (χ1v) is 6.59. The molecule has 0 radical (unpaired) electrons. The van der Waals surface area contributed by atoms with Crippen molar-refractivity contribution in [1.82, 2.24) is 5.32 Å². The van der Waals surface area contributed by atoms with Crippen molar-refractivity contribution in [3.63, 3.8) is 0 Å². The average Bonchev–Trinajstić information content (AvgIpc) is 2.34. The third-order valence-corrected chi connectivity index (χ3v) is 3.03. The molecule has 1 rings (SSSR count). The third kappa shape index (κ3) is 4.91. The van der Waals surface area contributed by atoms with E-state index in [0.29, 0.717) is 11.3 Å². The molecule has 0 aliphatic carbocycles. The Labute approximate surface area is 119 Å². The van der Waals surface area contributed by atoms with Gasteiger partial charge in [-0.1, -0.05) is 6.92 Å². The fraction of sp³-hybridized carbons (Fsp3) is 0.467. The van der Waals surface area contributed by atoms with Gasteiger partial charge in [0.15, 0.2) is 6.61 Å². The number of rotatable bonds is 5. The van der Waals surface area contributed by atoms with Gasteiger partial charge in [0.2, 0.25) is 0 Å². The Morgan fingerprint density at radius 3 is 2.50 bits per heavy atom. The molecule has 0 aliphatic heterocycles. The van der Waals surface area contributed by atoms with E-state index in [0.717, 1.165) is 12.0 Å². The Hall–Kier alpha value is -2.04. The van der Waals surface area contributed by atoms with Gasteiger partial charge in [0, 0.05) is 11.2 Å². The summed E-state index contributed by atoms with van der Waals surface area (Å²) in [4.78, 5) is 23.5. The van der Waals surface area contributed by atoms with Crippen LogP contribution in [0.4, 0.5) is 5.69 Å². The van der Waals surface area contributed by atoms with Crippen molar-refractivity contribution in [2.75, 3.05) is 12.3 Å². The van der Waals surface area contributed by atoms with E-state index in [1.54, 1.807) is 12.1 Å². The van der Waals surface area contributed by atoms with E-state index in [9.17, 15) is 9.59 Å². The van der Waals surface area contributed by atoms with Crippen molar-refractivity contribution in [1.29, 1.82) is 0 Å². The molecule has 0 aliphatic rings. The third-order valence-electron chi connectivity index (χ3n) is 3.03. The van der Waals surface area contributed by atoms with Crippen LogP contribution in [0, 0.1) is 6.92 Å². The number of carbonyl (C=O) groups is 2. The highest BCUT2D eigenvalue weighted by atomic mass is 16.5. The molecular weight excluding hydrogens is 256 g/mol. The van der Waals surface area contributed by atoms with Crippen molar-refractivity contribution < 1.29 is 14.3 Å². The van der Waals surface area contributed by atoms with E-state index in [1.807, 2.05) is 27.7 Å². The van der Waals surface area contributed by atoms with Gasteiger partial charge in [-0.3, -0.25) is 4.79 Å². The fourth-order valence-electron chi connectivity index (χ4n) is 1.65. The van der Waals surface area contributed by atoms with Crippen LogP contribution in [0.25, 0.3) is 0 Å². The number of carbonyl (C=O) groups excluding carboxylic acids is 2. The van der Waals surface area contributed by atoms with Gasteiger partial charge in [-0.15, -0.1) is 0 Å². The SMILES string of the molecule is CCC(C)(C)NC(=O)COC(=O)c1cc(C)cc(N)c1. The summed E-state index contributed by atoms with van der Waals surface area (Å²) in [7, 11) is 0. The van der Waals surface area contributed by atoms with Crippen LogP contribution in [-0.2, 0) is 9.53 Å². The largest absolute Gasteiger partial charge is 0.452 e. The van der Waals surface area contributed by atoms with Crippen LogP contribution in [0.3, 0.4) is 0 Å². The van der Waals surface area contributed by atoms with Gasteiger partial charge in [0.1, 0.15) is 0 Å². The highest BCUT2D eigenvalue weighted by molar-refractivity contribution is 5.92. The summed E-state index contributed by atoms with van der Waals surface area (Å²) in [6.45, 7) is 7.34. The minimum absolute atomic E-state index is 0.296. The Morgan fingerprint density at radius 2 is 1.95 bits per heavy atom. The average molecular weight is 278 g/mol. The number of nitrogens with two attached hydrogens (primary N) is 1. The smallest absolute Gasteiger partial charge is 0.338 e. The zero-order chi connectivity index (χ0) is 15.3. The fourth-order valence-corrected chi connectivity index (χ4v) is 1.65. The van der Waals surface area contributed by atoms with Gasteiger partial charge in [0.05, 0.1) is 5.56 Å². The van der Waals surface area contributed by atoms with Crippen molar-refractivity contribution in [3.05, 3.63) is 29.3 Å². The Kier molecular flexibility index (Phi) is 5.13. The van der Waals surface area contributed by atoms with E-state index < -0.39 is 5.97 Å². The lowest BCUT2D eigenvalue weighted by molar-refractivity contribution is -0.125. The molecule has 1 aromatic rings. The van der Waals surface area contributed by atoms with Gasteiger partial charge in [-0.05, 0) is 51.0 Å². The number of anilines is 1. The van der Waals surface area contributed by atoms with Crippen molar-refractivity contribution >= 4 is 17.6 Å². The van der Waals surface area contributed by atoms with Gasteiger partial charge >= 0.3 is 5.97 Å².